The molecule has 1 saturated heterocycles. The van der Waals surface area contributed by atoms with Gasteiger partial charge < -0.3 is 15.2 Å². The van der Waals surface area contributed by atoms with Crippen LogP contribution in [0.5, 0.6) is 0 Å². The van der Waals surface area contributed by atoms with E-state index < -0.39 is 29.2 Å². The maximum Gasteiger partial charge on any atom is 0.416 e. The largest absolute Gasteiger partial charge is 0.481 e. The topological polar surface area (TPSA) is 58.6 Å². The van der Waals surface area contributed by atoms with Gasteiger partial charge in [0, 0.05) is 5.69 Å². The molecule has 1 aliphatic rings. The number of rotatable bonds is 3. The molecule has 2 unspecified atom stereocenters. The zero-order valence-corrected chi connectivity index (χ0v) is 10.7. The van der Waals surface area contributed by atoms with Crippen molar-refractivity contribution < 1.29 is 27.8 Å². The average molecular weight is 289 g/mol. The van der Waals surface area contributed by atoms with Crippen molar-refractivity contribution in [1.29, 1.82) is 0 Å². The number of hydrogen-bond acceptors (Lipinski definition) is 3. The Labute approximate surface area is 113 Å². The lowest BCUT2D eigenvalue weighted by atomic mass is 9.85. The lowest BCUT2D eigenvalue weighted by molar-refractivity contribution is -0.148. The van der Waals surface area contributed by atoms with Crippen LogP contribution in [0.15, 0.2) is 24.3 Å². The highest BCUT2D eigenvalue weighted by Gasteiger charge is 2.46. The molecule has 0 bridgehead atoms. The summed E-state index contributed by atoms with van der Waals surface area (Å²) < 4.78 is 42.5. The summed E-state index contributed by atoms with van der Waals surface area (Å²) in [4.78, 5) is 11.2. The van der Waals surface area contributed by atoms with Crippen LogP contribution in [-0.2, 0) is 15.7 Å². The molecule has 4 nitrogen and oxygen atoms in total. The molecule has 1 fully saturated rings. The Morgan fingerprint density at radius 3 is 2.50 bits per heavy atom. The molecule has 0 amide bonds. The molecular weight excluding hydrogens is 275 g/mol. The molecule has 1 aliphatic heterocycles. The van der Waals surface area contributed by atoms with Gasteiger partial charge in [-0.2, -0.15) is 13.2 Å². The molecule has 0 aliphatic carbocycles. The van der Waals surface area contributed by atoms with E-state index in [4.69, 9.17) is 4.74 Å². The number of nitrogens with one attached hydrogen (secondary N) is 1. The summed E-state index contributed by atoms with van der Waals surface area (Å²) in [6.07, 6.45) is -4.38. The minimum atomic E-state index is -4.38. The van der Waals surface area contributed by atoms with Crippen molar-refractivity contribution in [3.63, 3.8) is 0 Å². The number of carboxylic acid groups (broad SMARTS) is 1. The minimum Gasteiger partial charge on any atom is -0.481 e. The van der Waals surface area contributed by atoms with E-state index in [2.05, 4.69) is 5.32 Å². The summed E-state index contributed by atoms with van der Waals surface area (Å²) in [5.41, 5.74) is -1.41. The van der Waals surface area contributed by atoms with E-state index in [9.17, 15) is 23.1 Å². The monoisotopic (exact) mass is 289 g/mol. The van der Waals surface area contributed by atoms with Crippen molar-refractivity contribution in [2.24, 2.45) is 5.41 Å². The van der Waals surface area contributed by atoms with E-state index in [1.54, 1.807) is 6.92 Å². The van der Waals surface area contributed by atoms with Gasteiger partial charge >= 0.3 is 12.1 Å². The van der Waals surface area contributed by atoms with E-state index in [1.165, 1.54) is 12.1 Å². The summed E-state index contributed by atoms with van der Waals surface area (Å²) in [6, 6.07) is 3.98. The second-order valence-corrected chi connectivity index (χ2v) is 5.01. The highest BCUT2D eigenvalue weighted by Crippen LogP contribution is 2.33. The molecule has 110 valence electrons. The molecule has 2 N–H and O–H groups in total. The predicted octanol–water partition coefficient (Wildman–Crippen LogP) is 2.61. The second kappa shape index (κ2) is 4.97. The maximum absolute atomic E-state index is 12.4. The molecule has 1 aromatic rings. The third-order valence-corrected chi connectivity index (χ3v) is 3.50. The zero-order chi connectivity index (χ0) is 15.0. The third-order valence-electron chi connectivity index (χ3n) is 3.50. The van der Waals surface area contributed by atoms with Crippen LogP contribution in [0.25, 0.3) is 0 Å². The molecule has 0 aromatic heterocycles. The van der Waals surface area contributed by atoms with Gasteiger partial charge in [0.15, 0.2) is 0 Å². The molecule has 7 heteroatoms. The van der Waals surface area contributed by atoms with Crippen LogP contribution in [0, 0.1) is 5.41 Å². The van der Waals surface area contributed by atoms with Gasteiger partial charge in [-0.25, -0.2) is 0 Å². The standard InChI is InChI=1S/C13H14F3NO3/c1-12(11(18)19)7-20-6-10(12)17-9-4-2-8(3-5-9)13(14,15)16/h2-5,10,17H,6-7H2,1H3,(H,18,19). The van der Waals surface area contributed by atoms with Crippen molar-refractivity contribution in [2.75, 3.05) is 18.5 Å². The number of carboxylic acids is 1. The van der Waals surface area contributed by atoms with Crippen LogP contribution < -0.4 is 5.32 Å². The average Bonchev–Trinajstić information content (AvgIpc) is 2.72. The number of benzene rings is 1. The number of anilines is 1. The Balaban J connectivity index is 2.13. The second-order valence-electron chi connectivity index (χ2n) is 5.01. The van der Waals surface area contributed by atoms with Crippen LogP contribution in [-0.4, -0.2) is 30.3 Å². The van der Waals surface area contributed by atoms with Gasteiger partial charge in [0.05, 0.1) is 24.8 Å². The normalized spacial score (nSPS) is 26.5. The molecule has 1 heterocycles. The number of carbonyl (C=O) groups is 1. The highest BCUT2D eigenvalue weighted by atomic mass is 19.4. The van der Waals surface area contributed by atoms with Crippen LogP contribution in [0.3, 0.4) is 0 Å². The Kier molecular flexibility index (Phi) is 3.64. The Morgan fingerprint density at radius 1 is 1.40 bits per heavy atom. The zero-order valence-electron chi connectivity index (χ0n) is 10.7. The number of ether oxygens (including phenoxy) is 1. The number of halogens is 3. The lowest BCUT2D eigenvalue weighted by Gasteiger charge is -2.26. The minimum absolute atomic E-state index is 0.0701. The SMILES string of the molecule is CC1(C(=O)O)COCC1Nc1ccc(C(F)(F)F)cc1. The van der Waals surface area contributed by atoms with Crippen molar-refractivity contribution in [1.82, 2.24) is 0 Å². The van der Waals surface area contributed by atoms with Gasteiger partial charge in [0.2, 0.25) is 0 Å². The van der Waals surface area contributed by atoms with Crippen molar-refractivity contribution in [3.8, 4) is 0 Å². The van der Waals surface area contributed by atoms with E-state index in [0.717, 1.165) is 12.1 Å². The smallest absolute Gasteiger partial charge is 0.416 e. The summed E-state index contributed by atoms with van der Waals surface area (Å²) in [6.45, 7) is 1.81. The summed E-state index contributed by atoms with van der Waals surface area (Å²) in [5.74, 6) is -1.00. The molecule has 1 aromatic carbocycles. The van der Waals surface area contributed by atoms with E-state index in [0.29, 0.717) is 5.69 Å². The van der Waals surface area contributed by atoms with Gasteiger partial charge in [-0.3, -0.25) is 4.79 Å². The van der Waals surface area contributed by atoms with Crippen LogP contribution >= 0.6 is 0 Å². The third kappa shape index (κ3) is 2.72. The lowest BCUT2D eigenvalue weighted by Crippen LogP contribution is -2.43. The fourth-order valence-corrected chi connectivity index (χ4v) is 2.04. The first-order chi connectivity index (χ1) is 9.23. The molecule has 20 heavy (non-hydrogen) atoms. The van der Waals surface area contributed by atoms with Gasteiger partial charge in [-0.1, -0.05) is 0 Å². The Bertz CT molecular complexity index is 501. The first-order valence-corrected chi connectivity index (χ1v) is 5.98. The van der Waals surface area contributed by atoms with Gasteiger partial charge in [-0.15, -0.1) is 0 Å². The molecule has 2 atom stereocenters. The molecule has 0 radical (unpaired) electrons. The number of aliphatic carboxylic acids is 1. The molecule has 0 spiro atoms. The first kappa shape index (κ1) is 14.6. The van der Waals surface area contributed by atoms with Gasteiger partial charge in [0.1, 0.15) is 5.41 Å². The summed E-state index contributed by atoms with van der Waals surface area (Å²) in [5, 5.41) is 12.1. The van der Waals surface area contributed by atoms with Gasteiger partial charge in [0.25, 0.3) is 0 Å². The molecular formula is C13H14F3NO3. The highest BCUT2D eigenvalue weighted by molar-refractivity contribution is 5.76. The van der Waals surface area contributed by atoms with Crippen molar-refractivity contribution >= 4 is 11.7 Å². The van der Waals surface area contributed by atoms with E-state index in [1.807, 2.05) is 0 Å². The fourth-order valence-electron chi connectivity index (χ4n) is 2.04. The predicted molar refractivity (Wildman–Crippen MR) is 65.4 cm³/mol. The molecule has 0 saturated carbocycles. The van der Waals surface area contributed by atoms with Crippen molar-refractivity contribution in [3.05, 3.63) is 29.8 Å². The van der Waals surface area contributed by atoms with Crippen LogP contribution in [0.1, 0.15) is 12.5 Å². The maximum atomic E-state index is 12.4. The van der Waals surface area contributed by atoms with Crippen molar-refractivity contribution in [2.45, 2.75) is 19.1 Å². The fraction of sp³-hybridized carbons (Fsp3) is 0.462. The van der Waals surface area contributed by atoms with E-state index >= 15 is 0 Å². The Morgan fingerprint density at radius 2 is 2.00 bits per heavy atom. The molecule has 2 rings (SSSR count). The van der Waals surface area contributed by atoms with Crippen LogP contribution in [0.2, 0.25) is 0 Å². The Hall–Kier alpha value is -1.76. The summed E-state index contributed by atoms with van der Waals surface area (Å²) in [7, 11) is 0. The van der Waals surface area contributed by atoms with Crippen LogP contribution in [0.4, 0.5) is 18.9 Å². The first-order valence-electron chi connectivity index (χ1n) is 5.98. The van der Waals surface area contributed by atoms with E-state index in [-0.39, 0.29) is 13.2 Å². The van der Waals surface area contributed by atoms with Gasteiger partial charge in [-0.05, 0) is 31.2 Å². The number of hydrogen-bond donors (Lipinski definition) is 2. The quantitative estimate of drug-likeness (QED) is 0.898. The number of alkyl halides is 3. The summed E-state index contributed by atoms with van der Waals surface area (Å²) >= 11 is 0.